The van der Waals surface area contributed by atoms with Crippen molar-refractivity contribution < 1.29 is 28.8 Å². The number of rotatable bonds is 16. The highest BCUT2D eigenvalue weighted by molar-refractivity contribution is 8.00. The van der Waals surface area contributed by atoms with Crippen LogP contribution in [-0.4, -0.2) is 128 Å². The number of carbonyl (C=O) groups is 6. The van der Waals surface area contributed by atoms with Crippen LogP contribution in [0.1, 0.15) is 126 Å². The Hall–Kier alpha value is -5.12. The minimum atomic E-state index is -0.753. The molecule has 6 amide bonds. The van der Waals surface area contributed by atoms with E-state index in [1.165, 1.54) is 0 Å². The van der Waals surface area contributed by atoms with Gasteiger partial charge in [-0.15, -0.1) is 23.5 Å². The predicted octanol–water partition coefficient (Wildman–Crippen LogP) is 5.73. The van der Waals surface area contributed by atoms with E-state index >= 15 is 0 Å². The highest BCUT2D eigenvalue weighted by atomic mass is 32.2. The highest BCUT2D eigenvalue weighted by Gasteiger charge is 2.57. The Balaban J connectivity index is 0.838. The van der Waals surface area contributed by atoms with Crippen molar-refractivity contribution in [3.8, 4) is 0 Å². The van der Waals surface area contributed by atoms with E-state index in [0.717, 1.165) is 44.9 Å². The topological polar surface area (TPSA) is 205 Å². The lowest BCUT2D eigenvalue weighted by Crippen LogP contribution is -2.58. The normalized spacial score (nSPS) is 28.2. The highest BCUT2D eigenvalue weighted by Crippen LogP contribution is 2.49. The van der Waals surface area contributed by atoms with E-state index in [0.29, 0.717) is 61.3 Å². The van der Waals surface area contributed by atoms with Gasteiger partial charge in [-0.2, -0.15) is 0 Å². The molecule has 16 nitrogen and oxygen atoms in total. The summed E-state index contributed by atoms with van der Waals surface area (Å²) in [5.74, 6) is -0.770. The molecular formula is C60H80N10O6S4. The van der Waals surface area contributed by atoms with Gasteiger partial charge in [-0.1, -0.05) is 125 Å². The Morgan fingerprint density at radius 3 is 1.31 bits per heavy atom. The molecule has 0 spiro atoms. The number of nitrogens with zero attached hydrogens (tertiary/aromatic N) is 2. The Morgan fingerprint density at radius 1 is 0.562 bits per heavy atom. The van der Waals surface area contributed by atoms with Crippen LogP contribution in [0.4, 0.5) is 0 Å². The molecule has 4 heterocycles. The van der Waals surface area contributed by atoms with E-state index in [2.05, 4.69) is 54.7 Å². The summed E-state index contributed by atoms with van der Waals surface area (Å²) in [6.07, 6.45) is 4.94. The van der Waals surface area contributed by atoms with Crippen molar-refractivity contribution in [3.63, 3.8) is 0 Å². The van der Waals surface area contributed by atoms with Gasteiger partial charge >= 0.3 is 0 Å². The predicted molar refractivity (Wildman–Crippen MR) is 324 cm³/mol. The van der Waals surface area contributed by atoms with Gasteiger partial charge in [0.25, 0.3) is 0 Å². The lowest BCUT2D eigenvalue weighted by Gasteiger charge is -2.38. The molecule has 1 unspecified atom stereocenters. The lowest BCUT2D eigenvalue weighted by atomic mass is 9.78. The third-order valence-electron chi connectivity index (χ3n) is 17.6. The number of thioether (sulfide) groups is 2. The molecule has 4 aliphatic heterocycles. The van der Waals surface area contributed by atoms with E-state index in [1.54, 1.807) is 33.3 Å². The van der Waals surface area contributed by atoms with E-state index in [9.17, 15) is 28.8 Å². The molecule has 8 N–H and O–H groups in total. The van der Waals surface area contributed by atoms with Crippen LogP contribution in [0.5, 0.6) is 0 Å². The molecule has 3 aromatic carbocycles. The number of fused-ring (bicyclic) bond motifs is 4. The molecule has 430 valence electrons. The maximum absolute atomic E-state index is 14.8. The first-order valence-electron chi connectivity index (χ1n) is 28.4. The molecular weight excluding hydrogens is 1080 g/mol. The van der Waals surface area contributed by atoms with Gasteiger partial charge in [-0.25, -0.2) is 0 Å². The van der Waals surface area contributed by atoms with Crippen molar-refractivity contribution in [2.75, 3.05) is 25.6 Å². The molecule has 0 aromatic heterocycles. The summed E-state index contributed by atoms with van der Waals surface area (Å²) in [4.78, 5) is 91.9. The number of benzene rings is 3. The van der Waals surface area contributed by atoms with Crippen LogP contribution in [0.15, 0.2) is 72.8 Å². The molecule has 20 heteroatoms. The Kier molecular flexibility index (Phi) is 18.7. The van der Waals surface area contributed by atoms with Gasteiger partial charge in [-0.3, -0.25) is 28.8 Å². The van der Waals surface area contributed by atoms with Gasteiger partial charge in [0, 0.05) is 13.1 Å². The summed E-state index contributed by atoms with van der Waals surface area (Å²) >= 11 is 14.7. The number of carbonyl (C=O) groups excluding carboxylic acids is 6. The van der Waals surface area contributed by atoms with Crippen LogP contribution in [0.2, 0.25) is 0 Å². The van der Waals surface area contributed by atoms with Crippen molar-refractivity contribution in [2.45, 2.75) is 165 Å². The number of amides is 6. The SMILES string of the molecule is CN[C@@H](C)C(=S)N[C@H]1CCS[C@H]2CC(C)(C)[C@@H](C(=O)N[C@@H]3c4ccccc4CC[C@H]3C(=O)NCc3ccc(CNC(=O)[C@@H]4CCc5ccccc5[C@@H]4NC(=O)C4N5C(=O)[C@H](NC(=S)[C@H](C)NC)CCS[C@H]5CC4(C)C)cc3)N2C1=O. The van der Waals surface area contributed by atoms with Crippen LogP contribution in [-0.2, 0) is 54.7 Å². The zero-order valence-electron chi connectivity index (χ0n) is 47.3. The quantitative estimate of drug-likeness (QED) is 0.0809. The second-order valence-corrected chi connectivity index (χ2v) is 27.4. The molecule has 0 saturated carbocycles. The molecule has 4 saturated heterocycles. The molecule has 0 bridgehead atoms. The minimum absolute atomic E-state index is 0.118. The van der Waals surface area contributed by atoms with Crippen LogP contribution in [0.25, 0.3) is 0 Å². The van der Waals surface area contributed by atoms with Crippen molar-refractivity contribution in [3.05, 3.63) is 106 Å². The van der Waals surface area contributed by atoms with Gasteiger partial charge in [0.2, 0.25) is 35.4 Å². The molecule has 2 aliphatic carbocycles. The number of hydrogen-bond donors (Lipinski definition) is 8. The molecule has 0 radical (unpaired) electrons. The lowest BCUT2D eigenvalue weighted by molar-refractivity contribution is -0.143. The maximum Gasteiger partial charge on any atom is 0.246 e. The Morgan fingerprint density at radius 2 is 0.938 bits per heavy atom. The fourth-order valence-electron chi connectivity index (χ4n) is 12.9. The molecule has 9 rings (SSSR count). The van der Waals surface area contributed by atoms with Crippen molar-refractivity contribution in [1.29, 1.82) is 0 Å². The van der Waals surface area contributed by atoms with E-state index in [4.69, 9.17) is 24.4 Å². The third kappa shape index (κ3) is 12.6. The van der Waals surface area contributed by atoms with Gasteiger partial charge in [0.1, 0.15) is 24.2 Å². The zero-order valence-corrected chi connectivity index (χ0v) is 50.6. The van der Waals surface area contributed by atoms with Crippen LogP contribution in [0, 0.1) is 22.7 Å². The second-order valence-electron chi connectivity index (χ2n) is 24.0. The van der Waals surface area contributed by atoms with Crippen molar-refractivity contribution in [1.82, 2.24) is 52.3 Å². The van der Waals surface area contributed by atoms with Crippen LogP contribution < -0.4 is 42.5 Å². The fourth-order valence-corrected chi connectivity index (χ4v) is 16.6. The van der Waals surface area contributed by atoms with Crippen LogP contribution in [0.3, 0.4) is 0 Å². The molecule has 80 heavy (non-hydrogen) atoms. The van der Waals surface area contributed by atoms with E-state index in [-0.39, 0.29) is 71.4 Å². The summed E-state index contributed by atoms with van der Waals surface area (Å²) in [7, 11) is 3.65. The fraction of sp³-hybridized carbons (Fsp3) is 0.567. The first-order valence-corrected chi connectivity index (χ1v) is 31.3. The van der Waals surface area contributed by atoms with E-state index < -0.39 is 58.9 Å². The van der Waals surface area contributed by atoms with Gasteiger partial charge in [0.15, 0.2) is 0 Å². The second kappa shape index (κ2) is 25.2. The molecule has 3 aromatic rings. The average molecular weight is 1170 g/mol. The summed E-state index contributed by atoms with van der Waals surface area (Å²) < 4.78 is 0. The number of hydrogen-bond acceptors (Lipinski definition) is 12. The zero-order chi connectivity index (χ0) is 57.2. The largest absolute Gasteiger partial charge is 0.367 e. The average Bonchev–Trinajstić information content (AvgIpc) is 3.85. The van der Waals surface area contributed by atoms with Crippen LogP contribution >= 0.6 is 48.0 Å². The minimum Gasteiger partial charge on any atom is -0.367 e. The third-order valence-corrected chi connectivity index (χ3v) is 21.1. The summed E-state index contributed by atoms with van der Waals surface area (Å²) in [6, 6.07) is 19.6. The van der Waals surface area contributed by atoms with Crippen molar-refractivity contribution in [2.24, 2.45) is 22.7 Å². The van der Waals surface area contributed by atoms with Gasteiger partial charge in [-0.05, 0) is 135 Å². The summed E-state index contributed by atoms with van der Waals surface area (Å²) in [5, 5.41) is 25.6. The molecule has 12 atom stereocenters. The summed E-state index contributed by atoms with van der Waals surface area (Å²) in [5.41, 5.74) is 4.66. The smallest absolute Gasteiger partial charge is 0.246 e. The monoisotopic (exact) mass is 1160 g/mol. The first-order chi connectivity index (χ1) is 38.2. The van der Waals surface area contributed by atoms with Gasteiger partial charge < -0.3 is 52.3 Å². The Labute approximate surface area is 491 Å². The summed E-state index contributed by atoms with van der Waals surface area (Å²) in [6.45, 7) is 12.6. The first kappa shape index (κ1) is 59.5. The number of likely N-dealkylation sites (N-methyl/N-ethyl adjacent to an activating group) is 2. The molecule has 6 aliphatic rings. The van der Waals surface area contributed by atoms with Gasteiger partial charge in [0.05, 0.1) is 56.7 Å². The number of nitrogens with one attached hydrogen (secondary N) is 8. The van der Waals surface area contributed by atoms with Crippen molar-refractivity contribution >= 4 is 93.4 Å². The number of thiocarbonyl (C=S) groups is 2. The standard InChI is InChI=1S/C60H80N10O6S4/c1-33(61-7)55(77)65-43-25-27-79-45-29-59(3,4)49(69(45)57(43)75)53(73)67-47-39-15-11-9-13-37(39)21-23-41(47)51(71)63-31-35-17-19-36(20-18-35)32-64-52(72)42-24-22-38-14-10-12-16-40(38)48(42)68-54(74)50-60(5,6)30-46-70(50)58(76)44(26-28-80-46)66-56(78)34(2)62-8/h9-20,33-34,41-50,61-62H,21-32H2,1-8H3,(H,63,71)(H,64,72)(H,65,77)(H,66,78)(H,67,73)(H,68,74)/t33-,34-,41+,42+,43-,44+,45-,46-,47+,48-,49+,50?/m0/s1. The number of aryl methyl sites for hydroxylation is 2. The Bertz CT molecular complexity index is 2660. The maximum atomic E-state index is 14.8. The molecule has 4 fully saturated rings. The van der Waals surface area contributed by atoms with E-state index in [1.807, 2.05) is 116 Å².